The molecule has 2 rings (SSSR count). The van der Waals surface area contributed by atoms with Crippen molar-refractivity contribution >= 4 is 0 Å². The number of nitrogens with one attached hydrogen (secondary N) is 1. The molecule has 114 valence electrons. The van der Waals surface area contributed by atoms with E-state index in [1.807, 2.05) is 6.26 Å². The van der Waals surface area contributed by atoms with Crippen molar-refractivity contribution in [3.05, 3.63) is 23.7 Å². The smallest absolute Gasteiger partial charge is 0.122 e. The molecule has 0 spiro atoms. The van der Waals surface area contributed by atoms with Gasteiger partial charge in [0.1, 0.15) is 5.76 Å². The van der Waals surface area contributed by atoms with Crippen molar-refractivity contribution in [1.29, 1.82) is 0 Å². The summed E-state index contributed by atoms with van der Waals surface area (Å²) in [4.78, 5) is 5.05. The Morgan fingerprint density at radius 3 is 2.65 bits per heavy atom. The molecule has 1 N–H and O–H groups in total. The third-order valence-electron chi connectivity index (χ3n) is 4.08. The fourth-order valence-electron chi connectivity index (χ4n) is 2.70. The minimum atomic E-state index is 0.662. The fourth-order valence-corrected chi connectivity index (χ4v) is 2.70. The lowest BCUT2D eigenvalue weighted by atomic mass is 10.2. The Hall–Kier alpha value is -0.840. The summed E-state index contributed by atoms with van der Waals surface area (Å²) in [6.45, 7) is 14.3. The van der Waals surface area contributed by atoms with Crippen molar-refractivity contribution in [1.82, 2.24) is 15.1 Å². The zero-order valence-corrected chi connectivity index (χ0v) is 13.2. The molecule has 0 saturated carbocycles. The number of hydrogen-bond acceptors (Lipinski definition) is 4. The van der Waals surface area contributed by atoms with Gasteiger partial charge in [-0.2, -0.15) is 0 Å². The molecule has 20 heavy (non-hydrogen) atoms. The number of rotatable bonds is 7. The monoisotopic (exact) mass is 279 g/mol. The van der Waals surface area contributed by atoms with E-state index in [2.05, 4.69) is 42.0 Å². The van der Waals surface area contributed by atoms with Crippen LogP contribution < -0.4 is 5.32 Å². The quantitative estimate of drug-likeness (QED) is 0.776. The predicted octanol–water partition coefficient (Wildman–Crippen LogP) is 2.31. The molecule has 4 nitrogen and oxygen atoms in total. The SMILES string of the molecule is CCCNCc1ccoc1CN1CCN(C(C)C)CC1. The number of piperazine rings is 1. The van der Waals surface area contributed by atoms with E-state index < -0.39 is 0 Å². The second-order valence-electron chi connectivity index (χ2n) is 5.95. The van der Waals surface area contributed by atoms with Crippen LogP contribution in [0.25, 0.3) is 0 Å². The molecular formula is C16H29N3O. The van der Waals surface area contributed by atoms with Gasteiger partial charge in [0.2, 0.25) is 0 Å². The Kier molecular flexibility index (Phi) is 6.07. The minimum absolute atomic E-state index is 0.662. The van der Waals surface area contributed by atoms with Gasteiger partial charge in [0.25, 0.3) is 0 Å². The van der Waals surface area contributed by atoms with E-state index in [0.29, 0.717) is 6.04 Å². The van der Waals surface area contributed by atoms with Gasteiger partial charge < -0.3 is 9.73 Å². The van der Waals surface area contributed by atoms with Gasteiger partial charge in [-0.3, -0.25) is 9.80 Å². The lowest BCUT2D eigenvalue weighted by Crippen LogP contribution is -2.48. The Morgan fingerprint density at radius 2 is 2.00 bits per heavy atom. The van der Waals surface area contributed by atoms with E-state index in [0.717, 1.165) is 38.5 Å². The Labute approximate surface area is 123 Å². The summed E-state index contributed by atoms with van der Waals surface area (Å²) in [5.41, 5.74) is 1.31. The van der Waals surface area contributed by atoms with Crippen molar-refractivity contribution in [3.8, 4) is 0 Å². The topological polar surface area (TPSA) is 31.7 Å². The van der Waals surface area contributed by atoms with Crippen LogP contribution >= 0.6 is 0 Å². The molecule has 0 radical (unpaired) electrons. The molecule has 0 amide bonds. The summed E-state index contributed by atoms with van der Waals surface area (Å²) in [5, 5.41) is 3.45. The fraction of sp³-hybridized carbons (Fsp3) is 0.750. The predicted molar refractivity (Wildman–Crippen MR) is 82.7 cm³/mol. The summed E-state index contributed by atoms with van der Waals surface area (Å²) < 4.78 is 5.68. The zero-order valence-electron chi connectivity index (χ0n) is 13.2. The number of furan rings is 1. The summed E-state index contributed by atoms with van der Waals surface area (Å²) >= 11 is 0. The molecule has 1 aromatic heterocycles. The van der Waals surface area contributed by atoms with Gasteiger partial charge in [-0.25, -0.2) is 0 Å². The van der Waals surface area contributed by atoms with Crippen LogP contribution in [0.2, 0.25) is 0 Å². The van der Waals surface area contributed by atoms with Crippen molar-refractivity contribution in [2.24, 2.45) is 0 Å². The van der Waals surface area contributed by atoms with Gasteiger partial charge in [-0.05, 0) is 32.9 Å². The van der Waals surface area contributed by atoms with E-state index in [-0.39, 0.29) is 0 Å². The average molecular weight is 279 g/mol. The van der Waals surface area contributed by atoms with E-state index in [1.165, 1.54) is 25.1 Å². The average Bonchev–Trinajstić information content (AvgIpc) is 2.87. The van der Waals surface area contributed by atoms with Crippen molar-refractivity contribution in [2.45, 2.75) is 46.3 Å². The van der Waals surface area contributed by atoms with Gasteiger partial charge >= 0.3 is 0 Å². The molecule has 0 aliphatic carbocycles. The maximum absolute atomic E-state index is 5.68. The Morgan fingerprint density at radius 1 is 1.25 bits per heavy atom. The third-order valence-corrected chi connectivity index (χ3v) is 4.08. The molecule has 0 unspecified atom stereocenters. The minimum Gasteiger partial charge on any atom is -0.468 e. The summed E-state index contributed by atoms with van der Waals surface area (Å²) in [6, 6.07) is 2.76. The molecule has 0 atom stereocenters. The van der Waals surface area contributed by atoms with E-state index in [1.54, 1.807) is 0 Å². The van der Waals surface area contributed by atoms with Gasteiger partial charge in [-0.1, -0.05) is 6.92 Å². The third kappa shape index (κ3) is 4.33. The highest BCUT2D eigenvalue weighted by Crippen LogP contribution is 2.15. The maximum atomic E-state index is 5.68. The van der Waals surface area contributed by atoms with Crippen LogP contribution in [0, 0.1) is 0 Å². The number of hydrogen-bond donors (Lipinski definition) is 1. The number of nitrogens with zero attached hydrogens (tertiary/aromatic N) is 2. The van der Waals surface area contributed by atoms with Crippen LogP contribution in [0.15, 0.2) is 16.7 Å². The van der Waals surface area contributed by atoms with Crippen LogP contribution in [-0.2, 0) is 13.1 Å². The highest BCUT2D eigenvalue weighted by Gasteiger charge is 2.20. The van der Waals surface area contributed by atoms with Crippen molar-refractivity contribution in [2.75, 3.05) is 32.7 Å². The van der Waals surface area contributed by atoms with Crippen LogP contribution in [0.4, 0.5) is 0 Å². The van der Waals surface area contributed by atoms with E-state index in [4.69, 9.17) is 4.42 Å². The maximum Gasteiger partial charge on any atom is 0.122 e. The molecule has 1 saturated heterocycles. The lowest BCUT2D eigenvalue weighted by molar-refractivity contribution is 0.0987. The molecular weight excluding hydrogens is 250 g/mol. The highest BCUT2D eigenvalue weighted by atomic mass is 16.3. The van der Waals surface area contributed by atoms with Crippen molar-refractivity contribution in [3.63, 3.8) is 0 Å². The second-order valence-corrected chi connectivity index (χ2v) is 5.95. The largest absolute Gasteiger partial charge is 0.468 e. The first-order valence-electron chi connectivity index (χ1n) is 7.93. The summed E-state index contributed by atoms with van der Waals surface area (Å²) in [7, 11) is 0. The van der Waals surface area contributed by atoms with Crippen molar-refractivity contribution < 1.29 is 4.42 Å². The van der Waals surface area contributed by atoms with Gasteiger partial charge in [0.15, 0.2) is 0 Å². The first-order valence-corrected chi connectivity index (χ1v) is 7.93. The lowest BCUT2D eigenvalue weighted by Gasteiger charge is -2.36. The summed E-state index contributed by atoms with van der Waals surface area (Å²) in [6.07, 6.45) is 2.99. The second kappa shape index (κ2) is 7.81. The van der Waals surface area contributed by atoms with Crippen LogP contribution in [0.5, 0.6) is 0 Å². The normalized spacial score (nSPS) is 18.0. The van der Waals surface area contributed by atoms with E-state index >= 15 is 0 Å². The van der Waals surface area contributed by atoms with Crippen LogP contribution in [0.1, 0.15) is 38.5 Å². The molecule has 1 fully saturated rings. The Bertz CT molecular complexity index is 381. The van der Waals surface area contributed by atoms with Gasteiger partial charge in [-0.15, -0.1) is 0 Å². The molecule has 4 heteroatoms. The van der Waals surface area contributed by atoms with Crippen LogP contribution in [-0.4, -0.2) is 48.6 Å². The molecule has 0 aromatic carbocycles. The van der Waals surface area contributed by atoms with Gasteiger partial charge in [0.05, 0.1) is 12.8 Å². The molecule has 2 heterocycles. The highest BCUT2D eigenvalue weighted by molar-refractivity contribution is 5.16. The molecule has 1 aliphatic rings. The molecule has 0 bridgehead atoms. The molecule has 1 aliphatic heterocycles. The van der Waals surface area contributed by atoms with Crippen LogP contribution in [0.3, 0.4) is 0 Å². The first-order chi connectivity index (χ1) is 9.70. The van der Waals surface area contributed by atoms with Gasteiger partial charge in [0, 0.05) is 44.3 Å². The molecule has 1 aromatic rings. The standard InChI is InChI=1S/C16H29N3O/c1-4-6-17-12-15-5-11-20-16(15)13-18-7-9-19(10-8-18)14(2)3/h5,11,14,17H,4,6-10,12-13H2,1-3H3. The van der Waals surface area contributed by atoms with E-state index in [9.17, 15) is 0 Å². The first kappa shape index (κ1) is 15.5. The summed E-state index contributed by atoms with van der Waals surface area (Å²) in [5.74, 6) is 1.13. The zero-order chi connectivity index (χ0) is 14.4. The Balaban J connectivity index is 1.81.